The van der Waals surface area contributed by atoms with E-state index in [1.54, 1.807) is 24.3 Å². The zero-order chi connectivity index (χ0) is 17.0. The molecular formula is C14H12N4O5. The van der Waals surface area contributed by atoms with Gasteiger partial charge in [-0.25, -0.2) is 0 Å². The molecule has 0 aromatic heterocycles. The highest BCUT2D eigenvalue weighted by Gasteiger charge is 2.19. The fourth-order valence-electron chi connectivity index (χ4n) is 1.79. The molecule has 23 heavy (non-hydrogen) atoms. The highest BCUT2D eigenvalue weighted by atomic mass is 16.6. The van der Waals surface area contributed by atoms with Crippen LogP contribution in [0.25, 0.3) is 0 Å². The van der Waals surface area contributed by atoms with Crippen molar-refractivity contribution in [2.24, 2.45) is 0 Å². The second-order valence-electron chi connectivity index (χ2n) is 4.66. The molecular weight excluding hydrogens is 304 g/mol. The van der Waals surface area contributed by atoms with Crippen molar-refractivity contribution in [1.29, 1.82) is 0 Å². The average molecular weight is 316 g/mol. The maximum Gasteiger partial charge on any atom is 0.300 e. The number of anilines is 1. The molecule has 0 saturated carbocycles. The zero-order valence-corrected chi connectivity index (χ0v) is 12.0. The normalized spacial score (nSPS) is 9.96. The molecule has 2 rings (SSSR count). The Morgan fingerprint density at radius 2 is 1.65 bits per heavy atom. The van der Waals surface area contributed by atoms with E-state index in [0.717, 1.165) is 23.8 Å². The van der Waals surface area contributed by atoms with Crippen molar-refractivity contribution in [1.82, 2.24) is 5.43 Å². The van der Waals surface area contributed by atoms with Crippen LogP contribution in [-0.2, 0) is 0 Å². The number of hydrogen-bond donors (Lipinski definition) is 2. The van der Waals surface area contributed by atoms with Crippen LogP contribution >= 0.6 is 0 Å². The summed E-state index contributed by atoms with van der Waals surface area (Å²) in [5.41, 5.74) is 5.10. The molecule has 0 aliphatic carbocycles. The number of aryl methyl sites for hydroxylation is 1. The fraction of sp³-hybridized carbons (Fsp3) is 0.0714. The van der Waals surface area contributed by atoms with E-state index in [2.05, 4.69) is 10.9 Å². The first-order valence-corrected chi connectivity index (χ1v) is 6.44. The highest BCUT2D eigenvalue weighted by molar-refractivity contribution is 5.95. The number of amides is 1. The monoisotopic (exact) mass is 316 g/mol. The van der Waals surface area contributed by atoms with Gasteiger partial charge in [0, 0.05) is 11.6 Å². The van der Waals surface area contributed by atoms with E-state index in [1.165, 1.54) is 0 Å². The molecule has 0 saturated heterocycles. The van der Waals surface area contributed by atoms with Crippen molar-refractivity contribution in [2.75, 3.05) is 5.43 Å². The molecule has 9 heteroatoms. The van der Waals surface area contributed by atoms with Crippen LogP contribution in [0.15, 0.2) is 42.5 Å². The van der Waals surface area contributed by atoms with E-state index in [9.17, 15) is 25.0 Å². The van der Waals surface area contributed by atoms with E-state index in [0.29, 0.717) is 5.56 Å². The second-order valence-corrected chi connectivity index (χ2v) is 4.66. The number of benzene rings is 2. The molecule has 2 aromatic rings. The third-order valence-corrected chi connectivity index (χ3v) is 3.01. The van der Waals surface area contributed by atoms with Crippen LogP contribution in [0.1, 0.15) is 15.9 Å². The van der Waals surface area contributed by atoms with E-state index >= 15 is 0 Å². The maximum absolute atomic E-state index is 11.9. The van der Waals surface area contributed by atoms with Gasteiger partial charge in [-0.1, -0.05) is 17.7 Å². The van der Waals surface area contributed by atoms with Crippen molar-refractivity contribution in [3.05, 3.63) is 73.8 Å². The number of carbonyl (C=O) groups excluding carboxylic acids is 1. The molecule has 1 amide bonds. The van der Waals surface area contributed by atoms with Gasteiger partial charge in [0.05, 0.1) is 15.9 Å². The van der Waals surface area contributed by atoms with Crippen molar-refractivity contribution < 1.29 is 14.6 Å². The van der Waals surface area contributed by atoms with Crippen molar-refractivity contribution in [3.8, 4) is 0 Å². The van der Waals surface area contributed by atoms with Gasteiger partial charge in [0.2, 0.25) is 0 Å². The van der Waals surface area contributed by atoms with Gasteiger partial charge in [-0.05, 0) is 25.1 Å². The predicted octanol–water partition coefficient (Wildman–Crippen LogP) is 2.57. The Morgan fingerprint density at radius 3 is 2.22 bits per heavy atom. The summed E-state index contributed by atoms with van der Waals surface area (Å²) in [7, 11) is 0. The van der Waals surface area contributed by atoms with Crippen molar-refractivity contribution in [2.45, 2.75) is 6.92 Å². The van der Waals surface area contributed by atoms with Gasteiger partial charge in [-0.2, -0.15) is 0 Å². The highest BCUT2D eigenvalue weighted by Crippen LogP contribution is 2.28. The summed E-state index contributed by atoms with van der Waals surface area (Å²) in [6, 6.07) is 9.80. The molecule has 0 spiro atoms. The molecule has 0 heterocycles. The molecule has 0 aliphatic heterocycles. The molecule has 2 N–H and O–H groups in total. The van der Waals surface area contributed by atoms with Crippen LogP contribution < -0.4 is 10.9 Å². The molecule has 0 atom stereocenters. The molecule has 0 radical (unpaired) electrons. The molecule has 0 fully saturated rings. The lowest BCUT2D eigenvalue weighted by molar-refractivity contribution is -0.393. The van der Waals surface area contributed by atoms with Crippen LogP contribution in [0.2, 0.25) is 0 Å². The van der Waals surface area contributed by atoms with Crippen LogP contribution in [0.4, 0.5) is 17.1 Å². The minimum atomic E-state index is -0.770. The average Bonchev–Trinajstić information content (AvgIpc) is 2.52. The molecule has 9 nitrogen and oxygen atoms in total. The van der Waals surface area contributed by atoms with Gasteiger partial charge in [0.1, 0.15) is 5.69 Å². The van der Waals surface area contributed by atoms with Crippen LogP contribution in [0, 0.1) is 27.2 Å². The third-order valence-electron chi connectivity index (χ3n) is 3.01. The largest absolute Gasteiger partial charge is 0.300 e. The minimum absolute atomic E-state index is 0.0546. The maximum atomic E-state index is 11.9. The fourth-order valence-corrected chi connectivity index (χ4v) is 1.79. The number of nitro benzene ring substituents is 2. The van der Waals surface area contributed by atoms with Gasteiger partial charge in [-0.3, -0.25) is 35.9 Å². The number of nitrogens with one attached hydrogen (secondary N) is 2. The Bertz CT molecular complexity index is 773. The number of hydrogen-bond acceptors (Lipinski definition) is 6. The number of hydrazine groups is 1. The van der Waals surface area contributed by atoms with Gasteiger partial charge >= 0.3 is 5.69 Å². The molecule has 2 aromatic carbocycles. The second kappa shape index (κ2) is 6.52. The third kappa shape index (κ3) is 3.79. The molecule has 0 aliphatic rings. The topological polar surface area (TPSA) is 127 Å². The Labute approximate surface area is 130 Å². The standard InChI is InChI=1S/C14H12N4O5/c1-9-2-4-10(5-3-9)14(19)16-15-12-7-6-11(17(20)21)8-13(12)18(22)23/h2-8,15H,1H3,(H,16,19). The van der Waals surface area contributed by atoms with Crippen LogP contribution in [-0.4, -0.2) is 15.8 Å². The summed E-state index contributed by atoms with van der Waals surface area (Å²) in [5, 5.41) is 21.6. The number of non-ortho nitro benzene ring substituents is 1. The van der Waals surface area contributed by atoms with E-state index < -0.39 is 27.1 Å². The van der Waals surface area contributed by atoms with Gasteiger partial charge in [0.15, 0.2) is 0 Å². The first-order chi connectivity index (χ1) is 10.9. The van der Waals surface area contributed by atoms with E-state index in [-0.39, 0.29) is 5.69 Å². The van der Waals surface area contributed by atoms with Gasteiger partial charge in [-0.15, -0.1) is 0 Å². The Hall–Kier alpha value is -3.49. The van der Waals surface area contributed by atoms with E-state index in [4.69, 9.17) is 0 Å². The number of rotatable bonds is 5. The summed E-state index contributed by atoms with van der Waals surface area (Å²) in [6.07, 6.45) is 0. The van der Waals surface area contributed by atoms with Crippen LogP contribution in [0.3, 0.4) is 0 Å². The Morgan fingerprint density at radius 1 is 1.00 bits per heavy atom. The number of carbonyl (C=O) groups is 1. The minimum Gasteiger partial charge on any atom is -0.292 e. The Kier molecular flexibility index (Phi) is 4.50. The van der Waals surface area contributed by atoms with Gasteiger partial charge < -0.3 is 0 Å². The summed E-state index contributed by atoms with van der Waals surface area (Å²) < 4.78 is 0. The smallest absolute Gasteiger partial charge is 0.292 e. The van der Waals surface area contributed by atoms with Crippen LogP contribution in [0.5, 0.6) is 0 Å². The first kappa shape index (κ1) is 15.9. The SMILES string of the molecule is Cc1ccc(C(=O)NNc2ccc([N+](=O)[O-])cc2[N+](=O)[O-])cc1. The van der Waals surface area contributed by atoms with Crippen molar-refractivity contribution in [3.63, 3.8) is 0 Å². The number of nitrogens with zero attached hydrogens (tertiary/aromatic N) is 2. The van der Waals surface area contributed by atoms with Gasteiger partial charge in [0.25, 0.3) is 11.6 Å². The summed E-state index contributed by atoms with van der Waals surface area (Å²) in [4.78, 5) is 32.1. The first-order valence-electron chi connectivity index (χ1n) is 6.44. The van der Waals surface area contributed by atoms with E-state index in [1.807, 2.05) is 6.92 Å². The lowest BCUT2D eigenvalue weighted by Crippen LogP contribution is -2.29. The molecule has 118 valence electrons. The quantitative estimate of drug-likeness (QED) is 0.644. The summed E-state index contributed by atoms with van der Waals surface area (Å²) in [6.45, 7) is 1.88. The predicted molar refractivity (Wildman–Crippen MR) is 82.0 cm³/mol. The summed E-state index contributed by atoms with van der Waals surface area (Å²) >= 11 is 0. The molecule has 0 bridgehead atoms. The lowest BCUT2D eigenvalue weighted by atomic mass is 10.1. The zero-order valence-electron chi connectivity index (χ0n) is 12.0. The lowest BCUT2D eigenvalue weighted by Gasteiger charge is -2.09. The summed E-state index contributed by atoms with van der Waals surface area (Å²) in [5.74, 6) is -0.488. The molecule has 0 unspecified atom stereocenters. The number of nitro groups is 2. The Balaban J connectivity index is 2.16. The van der Waals surface area contributed by atoms with Crippen molar-refractivity contribution >= 4 is 23.0 Å².